The molecule has 0 fully saturated rings. The molecule has 6 rings (SSSR count). The maximum Gasteiger partial charge on any atom is 0.216 e. The molecule has 164 valence electrons. The molecule has 33 heavy (non-hydrogen) atoms. The zero-order valence-electron chi connectivity index (χ0n) is 23.1. The van der Waals surface area contributed by atoms with Gasteiger partial charge in [-0.2, -0.15) is 0 Å². The number of pyridine rings is 1. The highest BCUT2D eigenvalue weighted by Crippen LogP contribution is 2.43. The molecule has 0 aliphatic heterocycles. The molecular weight excluding hydrogens is 409 g/mol. The van der Waals surface area contributed by atoms with Crippen LogP contribution in [0.1, 0.15) is 36.0 Å². The lowest BCUT2D eigenvalue weighted by Crippen LogP contribution is -2.30. The third-order valence-electron chi connectivity index (χ3n) is 6.48. The van der Waals surface area contributed by atoms with Crippen molar-refractivity contribution < 1.29 is 18.9 Å². The summed E-state index contributed by atoms with van der Waals surface area (Å²) in [5.41, 5.74) is 3.97. The van der Waals surface area contributed by atoms with Gasteiger partial charge in [0.05, 0.1) is 11.1 Å². The van der Waals surface area contributed by atoms with Gasteiger partial charge in [0, 0.05) is 28.4 Å². The maximum absolute atomic E-state index is 15.5. The minimum Gasteiger partial charge on any atom is -0.454 e. The van der Waals surface area contributed by atoms with Crippen LogP contribution in [0.15, 0.2) is 71.3 Å². The van der Waals surface area contributed by atoms with E-state index in [1.165, 1.54) is 6.07 Å². The fourth-order valence-corrected chi connectivity index (χ4v) is 4.97. The summed E-state index contributed by atoms with van der Waals surface area (Å²) in [4.78, 5) is 0. The zero-order chi connectivity index (χ0) is 26.5. The molecule has 5 aromatic rings. The van der Waals surface area contributed by atoms with Gasteiger partial charge in [-0.05, 0) is 65.5 Å². The van der Waals surface area contributed by atoms with Gasteiger partial charge in [-0.15, -0.1) is 0 Å². The second-order valence-electron chi connectivity index (χ2n) is 9.37. The van der Waals surface area contributed by atoms with E-state index in [4.69, 9.17) is 9.90 Å². The summed E-state index contributed by atoms with van der Waals surface area (Å²) in [5, 5.41) is 1.64. The number of aryl methyl sites for hydroxylation is 2. The summed E-state index contributed by atoms with van der Waals surface area (Å²) in [6.45, 7) is 5.22. The zero-order valence-corrected chi connectivity index (χ0v) is 19.1. The predicted molar refractivity (Wildman–Crippen MR) is 132 cm³/mol. The third kappa shape index (κ3) is 3.10. The number of hydrogen-bond donors (Lipinski definition) is 0. The molecule has 0 N–H and O–H groups in total. The summed E-state index contributed by atoms with van der Waals surface area (Å²) in [6, 6.07) is 18.0. The molecule has 0 unspecified atom stereocenters. The van der Waals surface area contributed by atoms with E-state index < -0.39 is 24.0 Å². The summed E-state index contributed by atoms with van der Waals surface area (Å²) < 4.78 is 58.8. The van der Waals surface area contributed by atoms with Gasteiger partial charge in [-0.1, -0.05) is 44.2 Å². The minimum atomic E-state index is -1.94. The topological polar surface area (TPSA) is 17.0 Å². The predicted octanol–water partition coefficient (Wildman–Crippen LogP) is 7.32. The first-order valence-electron chi connectivity index (χ1n) is 13.1. The second-order valence-corrected chi connectivity index (χ2v) is 9.37. The van der Waals surface area contributed by atoms with Crippen molar-refractivity contribution in [3.63, 3.8) is 0 Å². The Balaban J connectivity index is 1.65. The Hall–Kier alpha value is -3.46. The van der Waals surface area contributed by atoms with Gasteiger partial charge in [0.25, 0.3) is 0 Å². The molecule has 0 bridgehead atoms. The maximum atomic E-state index is 15.5. The molecule has 0 saturated carbocycles. The highest BCUT2D eigenvalue weighted by Gasteiger charge is 2.29. The molecule has 0 radical (unpaired) electrons. The molecule has 0 spiro atoms. The lowest BCUT2D eigenvalue weighted by molar-refractivity contribution is -0.660. The van der Waals surface area contributed by atoms with Crippen LogP contribution in [-0.2, 0) is 19.8 Å². The highest BCUT2D eigenvalue weighted by molar-refractivity contribution is 6.13. The first-order chi connectivity index (χ1) is 17.4. The molecule has 0 amide bonds. The molecular formula is C30H27FNO+. The first kappa shape index (κ1) is 16.2. The van der Waals surface area contributed by atoms with Crippen LogP contribution in [0.5, 0.6) is 0 Å². The Morgan fingerprint density at radius 2 is 1.64 bits per heavy atom. The number of nitrogens with zero attached hydrogens (tertiary/aromatic N) is 1. The number of benzene rings is 3. The Kier molecular flexibility index (Phi) is 3.44. The fourth-order valence-electron chi connectivity index (χ4n) is 4.97. The summed E-state index contributed by atoms with van der Waals surface area (Å²) in [5.74, 6) is -0.476. The average molecular weight is 441 g/mol. The smallest absolute Gasteiger partial charge is 0.216 e. The third-order valence-corrected chi connectivity index (χ3v) is 6.48. The van der Waals surface area contributed by atoms with E-state index >= 15 is 4.39 Å². The number of rotatable bonds is 2. The van der Waals surface area contributed by atoms with Crippen LogP contribution in [0, 0.1) is 18.2 Å². The minimum absolute atomic E-state index is 0.249. The number of fused-ring (bicyclic) bond motifs is 4. The van der Waals surface area contributed by atoms with Gasteiger partial charge >= 0.3 is 0 Å². The van der Waals surface area contributed by atoms with Gasteiger partial charge in [-0.3, -0.25) is 0 Å². The van der Waals surface area contributed by atoms with E-state index in [2.05, 4.69) is 0 Å². The molecule has 0 saturated heterocycles. The van der Waals surface area contributed by atoms with E-state index in [9.17, 15) is 0 Å². The Morgan fingerprint density at radius 1 is 0.909 bits per heavy atom. The van der Waals surface area contributed by atoms with E-state index in [-0.39, 0.29) is 11.1 Å². The second kappa shape index (κ2) is 7.02. The van der Waals surface area contributed by atoms with Crippen LogP contribution in [0.3, 0.4) is 0 Å². The van der Waals surface area contributed by atoms with E-state index in [1.54, 1.807) is 38.1 Å². The molecule has 0 atom stereocenters. The molecule has 3 heteroatoms. The first-order valence-corrected chi connectivity index (χ1v) is 11.1. The summed E-state index contributed by atoms with van der Waals surface area (Å²) in [7, 11) is 1.97. The molecule has 1 aliphatic carbocycles. The van der Waals surface area contributed by atoms with Crippen LogP contribution in [0.2, 0.25) is 0 Å². The molecule has 2 aromatic heterocycles. The molecule has 3 aromatic carbocycles. The van der Waals surface area contributed by atoms with Gasteiger partial charge in [-0.25, -0.2) is 8.96 Å². The van der Waals surface area contributed by atoms with E-state index in [1.807, 2.05) is 55.1 Å². The van der Waals surface area contributed by atoms with Crippen LogP contribution in [0.4, 0.5) is 4.39 Å². The lowest BCUT2D eigenvalue weighted by Gasteiger charge is -2.14. The van der Waals surface area contributed by atoms with Crippen molar-refractivity contribution >= 4 is 21.9 Å². The van der Waals surface area contributed by atoms with Crippen molar-refractivity contribution in [2.75, 3.05) is 0 Å². The SMILES string of the molecule is [2H]C1([2H])c2ccc(-c3c(F)ccc4c3oc3c(-c5cccc[n+]5C)c(C)ccc34)cc2C([2H])([2H])C1(C)C. The van der Waals surface area contributed by atoms with Crippen LogP contribution in [-0.4, -0.2) is 0 Å². The highest BCUT2D eigenvalue weighted by atomic mass is 19.1. The number of furan rings is 1. The van der Waals surface area contributed by atoms with Crippen molar-refractivity contribution in [2.45, 2.75) is 33.5 Å². The molecule has 1 aliphatic rings. The number of halogens is 1. The molecule has 2 heterocycles. The standard InChI is InChI=1S/C30H27FNO/c1-18-8-11-22-23-12-13-24(31)27(19-9-10-20-16-30(2,3)17-21(20)15-19)29(23)33-28(22)26(18)25-7-5-6-14-32(25)4/h5-15H,16-17H2,1-4H3/q+1/i16D2,17D2. The van der Waals surface area contributed by atoms with Crippen LogP contribution >= 0.6 is 0 Å². The Labute approximate surface area is 198 Å². The van der Waals surface area contributed by atoms with Gasteiger partial charge in [0.2, 0.25) is 5.69 Å². The Bertz CT molecular complexity index is 1750. The van der Waals surface area contributed by atoms with E-state index in [0.717, 1.165) is 27.6 Å². The monoisotopic (exact) mass is 440 g/mol. The largest absolute Gasteiger partial charge is 0.454 e. The quantitative estimate of drug-likeness (QED) is 0.263. The number of hydrogen-bond acceptors (Lipinski definition) is 1. The Morgan fingerprint density at radius 3 is 2.42 bits per heavy atom. The lowest BCUT2D eigenvalue weighted by atomic mass is 9.90. The molecule has 2 nitrogen and oxygen atoms in total. The number of aromatic nitrogens is 1. The normalized spacial score (nSPS) is 19.7. The van der Waals surface area contributed by atoms with Crippen molar-refractivity contribution in [3.05, 3.63) is 89.4 Å². The van der Waals surface area contributed by atoms with Gasteiger partial charge in [0.1, 0.15) is 24.0 Å². The summed E-state index contributed by atoms with van der Waals surface area (Å²) in [6.07, 6.45) is -1.83. The van der Waals surface area contributed by atoms with Crippen LogP contribution < -0.4 is 4.57 Å². The fraction of sp³-hybridized carbons (Fsp3) is 0.233. The van der Waals surface area contributed by atoms with Crippen LogP contribution in [0.25, 0.3) is 44.3 Å². The summed E-state index contributed by atoms with van der Waals surface area (Å²) >= 11 is 0. The average Bonchev–Trinajstić information content (AvgIpc) is 3.26. The van der Waals surface area contributed by atoms with E-state index in [0.29, 0.717) is 22.3 Å². The van der Waals surface area contributed by atoms with Crippen molar-refractivity contribution in [1.29, 1.82) is 0 Å². The van der Waals surface area contributed by atoms with Crippen molar-refractivity contribution in [2.24, 2.45) is 12.5 Å². The van der Waals surface area contributed by atoms with Gasteiger partial charge < -0.3 is 4.42 Å². The van der Waals surface area contributed by atoms with Crippen molar-refractivity contribution in [1.82, 2.24) is 0 Å². The van der Waals surface area contributed by atoms with Crippen molar-refractivity contribution in [3.8, 4) is 22.4 Å². The van der Waals surface area contributed by atoms with Gasteiger partial charge in [0.15, 0.2) is 6.20 Å².